The van der Waals surface area contributed by atoms with Crippen molar-refractivity contribution in [2.75, 3.05) is 13.7 Å². The van der Waals surface area contributed by atoms with Crippen LogP contribution in [0.3, 0.4) is 0 Å². The van der Waals surface area contributed by atoms with Crippen LogP contribution < -0.4 is 9.47 Å². The normalized spacial score (nSPS) is 17.0. The Labute approximate surface area is 165 Å². The van der Waals surface area contributed by atoms with Gasteiger partial charge in [0.05, 0.1) is 13.7 Å². The second kappa shape index (κ2) is 8.89. The summed E-state index contributed by atoms with van der Waals surface area (Å²) in [6.45, 7) is 2.04. The highest BCUT2D eigenvalue weighted by Crippen LogP contribution is 2.23. The van der Waals surface area contributed by atoms with Gasteiger partial charge in [-0.15, -0.1) is 0 Å². The number of likely N-dealkylation sites (tertiary alicyclic amines) is 1. The van der Waals surface area contributed by atoms with Crippen molar-refractivity contribution in [1.82, 2.24) is 15.0 Å². The van der Waals surface area contributed by atoms with Crippen LogP contribution >= 0.6 is 0 Å². The van der Waals surface area contributed by atoms with Gasteiger partial charge in [-0.1, -0.05) is 35.5 Å². The summed E-state index contributed by atoms with van der Waals surface area (Å²) in [5.41, 5.74) is 1.37. The number of nitrogens with zero attached hydrogens (tertiary/aromatic N) is 3. The molecule has 1 aromatic heterocycles. The standard InChI is InChI=1S/C22H25N3O3/c1-26-19-9-11-20(12-10-19)27-16-21-23-22(28-24-21)15-25-13-5-8-18(25)14-17-6-3-2-4-7-17/h2-4,6-7,9-12,18H,5,8,13-16H2,1H3/t18-/m0/s1. The maximum atomic E-state index is 5.72. The molecule has 146 valence electrons. The first-order chi connectivity index (χ1) is 13.8. The van der Waals surface area contributed by atoms with Gasteiger partial charge in [0.15, 0.2) is 6.61 Å². The highest BCUT2D eigenvalue weighted by Gasteiger charge is 2.26. The van der Waals surface area contributed by atoms with E-state index >= 15 is 0 Å². The molecule has 0 amide bonds. The minimum absolute atomic E-state index is 0.281. The molecule has 2 heterocycles. The summed E-state index contributed by atoms with van der Waals surface area (Å²) >= 11 is 0. The van der Waals surface area contributed by atoms with Crippen molar-refractivity contribution in [1.29, 1.82) is 0 Å². The highest BCUT2D eigenvalue weighted by molar-refractivity contribution is 5.31. The first-order valence-corrected chi connectivity index (χ1v) is 9.66. The summed E-state index contributed by atoms with van der Waals surface area (Å²) in [5, 5.41) is 4.05. The number of methoxy groups -OCH3 is 1. The third-order valence-electron chi connectivity index (χ3n) is 5.09. The van der Waals surface area contributed by atoms with Gasteiger partial charge >= 0.3 is 0 Å². The molecule has 1 saturated heterocycles. The molecular weight excluding hydrogens is 354 g/mol. The molecule has 0 aliphatic carbocycles. The van der Waals surface area contributed by atoms with E-state index in [0.717, 1.165) is 24.5 Å². The molecule has 1 aliphatic rings. The van der Waals surface area contributed by atoms with Crippen molar-refractivity contribution < 1.29 is 14.0 Å². The zero-order valence-corrected chi connectivity index (χ0v) is 16.1. The van der Waals surface area contributed by atoms with Crippen LogP contribution in [0, 0.1) is 0 Å². The number of hydrogen-bond acceptors (Lipinski definition) is 6. The summed E-state index contributed by atoms with van der Waals surface area (Å²) in [7, 11) is 1.64. The second-order valence-corrected chi connectivity index (χ2v) is 7.02. The van der Waals surface area contributed by atoms with Gasteiger partial charge < -0.3 is 14.0 Å². The Kier molecular flexibility index (Phi) is 5.87. The van der Waals surface area contributed by atoms with Gasteiger partial charge in [0.1, 0.15) is 11.5 Å². The van der Waals surface area contributed by atoms with Crippen LogP contribution in [0.5, 0.6) is 11.5 Å². The maximum Gasteiger partial charge on any atom is 0.240 e. The Hall–Kier alpha value is -2.86. The SMILES string of the molecule is COc1ccc(OCc2noc(CN3CCC[C@H]3Cc3ccccc3)n2)cc1. The van der Waals surface area contributed by atoms with Gasteiger partial charge in [0, 0.05) is 6.04 Å². The van der Waals surface area contributed by atoms with Crippen molar-refractivity contribution in [2.45, 2.75) is 38.5 Å². The van der Waals surface area contributed by atoms with E-state index in [4.69, 9.17) is 14.0 Å². The minimum atomic E-state index is 0.281. The van der Waals surface area contributed by atoms with Gasteiger partial charge in [0.2, 0.25) is 11.7 Å². The van der Waals surface area contributed by atoms with Gasteiger partial charge in [0.25, 0.3) is 0 Å². The topological polar surface area (TPSA) is 60.6 Å². The van der Waals surface area contributed by atoms with Crippen molar-refractivity contribution in [2.24, 2.45) is 0 Å². The molecule has 6 heteroatoms. The average Bonchev–Trinajstić information content (AvgIpc) is 3.37. The Bertz CT molecular complexity index is 864. The molecule has 1 fully saturated rings. The average molecular weight is 379 g/mol. The zero-order chi connectivity index (χ0) is 19.2. The fourth-order valence-corrected chi connectivity index (χ4v) is 3.63. The number of benzene rings is 2. The van der Waals surface area contributed by atoms with Crippen molar-refractivity contribution in [3.63, 3.8) is 0 Å². The molecule has 6 nitrogen and oxygen atoms in total. The fourth-order valence-electron chi connectivity index (χ4n) is 3.63. The molecule has 1 aliphatic heterocycles. The van der Waals surface area contributed by atoms with Crippen LogP contribution in [0.4, 0.5) is 0 Å². The largest absolute Gasteiger partial charge is 0.497 e. The van der Waals surface area contributed by atoms with E-state index in [9.17, 15) is 0 Å². The van der Waals surface area contributed by atoms with E-state index in [2.05, 4.69) is 45.4 Å². The van der Waals surface area contributed by atoms with Gasteiger partial charge in [-0.25, -0.2) is 0 Å². The summed E-state index contributed by atoms with van der Waals surface area (Å²) in [6.07, 6.45) is 3.47. The third-order valence-corrected chi connectivity index (χ3v) is 5.09. The summed E-state index contributed by atoms with van der Waals surface area (Å²) in [6, 6.07) is 18.6. The molecule has 0 spiro atoms. The van der Waals surface area contributed by atoms with Gasteiger partial charge in [-0.3, -0.25) is 4.90 Å². The van der Waals surface area contributed by atoms with E-state index in [1.165, 1.54) is 18.4 Å². The van der Waals surface area contributed by atoms with E-state index in [0.29, 0.717) is 24.3 Å². The van der Waals surface area contributed by atoms with Crippen LogP contribution in [0.25, 0.3) is 0 Å². The van der Waals surface area contributed by atoms with Crippen molar-refractivity contribution >= 4 is 0 Å². The highest BCUT2D eigenvalue weighted by atomic mass is 16.5. The van der Waals surface area contributed by atoms with E-state index in [1.807, 2.05) is 24.3 Å². The second-order valence-electron chi connectivity index (χ2n) is 7.02. The van der Waals surface area contributed by atoms with Crippen LogP contribution in [0.15, 0.2) is 59.1 Å². The molecule has 0 radical (unpaired) electrons. The molecule has 0 saturated carbocycles. The Morgan fingerprint density at radius 2 is 1.86 bits per heavy atom. The van der Waals surface area contributed by atoms with E-state index in [1.54, 1.807) is 7.11 Å². The molecule has 2 aromatic carbocycles. The van der Waals surface area contributed by atoms with Gasteiger partial charge in [-0.05, 0) is 55.6 Å². The number of hydrogen-bond donors (Lipinski definition) is 0. The first-order valence-electron chi connectivity index (χ1n) is 9.66. The molecule has 0 bridgehead atoms. The molecule has 1 atom stereocenters. The Balaban J connectivity index is 1.31. The number of rotatable bonds is 8. The predicted molar refractivity (Wildman–Crippen MR) is 105 cm³/mol. The minimum Gasteiger partial charge on any atom is -0.497 e. The monoisotopic (exact) mass is 379 g/mol. The van der Waals surface area contributed by atoms with Crippen LogP contribution in [0.2, 0.25) is 0 Å². The fraction of sp³-hybridized carbons (Fsp3) is 0.364. The van der Waals surface area contributed by atoms with Crippen LogP contribution in [-0.4, -0.2) is 34.7 Å². The summed E-state index contributed by atoms with van der Waals surface area (Å²) < 4.78 is 16.3. The molecular formula is C22H25N3O3. The molecule has 4 rings (SSSR count). The zero-order valence-electron chi connectivity index (χ0n) is 16.1. The Morgan fingerprint density at radius 3 is 2.64 bits per heavy atom. The van der Waals surface area contributed by atoms with Gasteiger partial charge in [-0.2, -0.15) is 4.98 Å². The first kappa shape index (κ1) is 18.5. The molecule has 0 N–H and O–H groups in total. The smallest absolute Gasteiger partial charge is 0.240 e. The quantitative estimate of drug-likeness (QED) is 0.592. The van der Waals surface area contributed by atoms with Crippen LogP contribution in [-0.2, 0) is 19.6 Å². The van der Waals surface area contributed by atoms with E-state index in [-0.39, 0.29) is 6.61 Å². The number of aromatic nitrogens is 2. The maximum absolute atomic E-state index is 5.72. The lowest BCUT2D eigenvalue weighted by molar-refractivity contribution is 0.209. The summed E-state index contributed by atoms with van der Waals surface area (Å²) in [4.78, 5) is 6.93. The van der Waals surface area contributed by atoms with E-state index < -0.39 is 0 Å². The molecule has 28 heavy (non-hydrogen) atoms. The lowest BCUT2D eigenvalue weighted by Crippen LogP contribution is -2.30. The summed E-state index contributed by atoms with van der Waals surface area (Å²) in [5.74, 6) is 2.75. The Morgan fingerprint density at radius 1 is 1.07 bits per heavy atom. The van der Waals surface area contributed by atoms with Crippen molar-refractivity contribution in [3.05, 3.63) is 71.9 Å². The lowest BCUT2D eigenvalue weighted by atomic mass is 10.0. The molecule has 3 aromatic rings. The van der Waals surface area contributed by atoms with Crippen molar-refractivity contribution in [3.8, 4) is 11.5 Å². The molecule has 0 unspecified atom stereocenters. The van der Waals surface area contributed by atoms with Crippen LogP contribution in [0.1, 0.15) is 30.1 Å². The predicted octanol–water partition coefficient (Wildman–Crippen LogP) is 3.86. The lowest BCUT2D eigenvalue weighted by Gasteiger charge is -2.22. The number of ether oxygens (including phenoxy) is 2. The third kappa shape index (κ3) is 4.70.